The highest BCUT2D eigenvalue weighted by atomic mass is 32.2. The summed E-state index contributed by atoms with van der Waals surface area (Å²) in [4.78, 5) is 0.997. The summed E-state index contributed by atoms with van der Waals surface area (Å²) < 4.78 is 12.2. The quantitative estimate of drug-likeness (QED) is 0.822. The number of nitrogens with one attached hydrogen (secondary N) is 1. The summed E-state index contributed by atoms with van der Waals surface area (Å²) in [5.74, 6) is 0.764. The van der Waals surface area contributed by atoms with E-state index < -0.39 is 10.8 Å². The van der Waals surface area contributed by atoms with Gasteiger partial charge in [0, 0.05) is 16.7 Å². The number of rotatable bonds is 7. The standard InChI is InChI=1S/C15H25NOS/c1-5-16-14(4)7-6-10-18(17)15-9-8-12(2)11-13(15)3/h8-9,11,14,16H,5-7,10H2,1-4H3. The molecule has 0 aliphatic heterocycles. The lowest BCUT2D eigenvalue weighted by Crippen LogP contribution is -2.25. The Balaban J connectivity index is 2.45. The molecule has 0 aromatic heterocycles. The smallest absolute Gasteiger partial charge is 0.0532 e. The van der Waals surface area contributed by atoms with Crippen LogP contribution in [0.4, 0.5) is 0 Å². The summed E-state index contributed by atoms with van der Waals surface area (Å²) in [5, 5.41) is 3.38. The molecule has 0 bridgehead atoms. The van der Waals surface area contributed by atoms with Gasteiger partial charge >= 0.3 is 0 Å². The molecule has 18 heavy (non-hydrogen) atoms. The van der Waals surface area contributed by atoms with Crippen molar-refractivity contribution in [1.82, 2.24) is 5.32 Å². The Labute approximate surface area is 114 Å². The minimum Gasteiger partial charge on any atom is -0.315 e. The van der Waals surface area contributed by atoms with Crippen molar-refractivity contribution in [1.29, 1.82) is 0 Å². The van der Waals surface area contributed by atoms with Crippen LogP contribution in [-0.4, -0.2) is 22.5 Å². The molecule has 3 heteroatoms. The highest BCUT2D eigenvalue weighted by Gasteiger charge is 2.08. The van der Waals surface area contributed by atoms with Crippen molar-refractivity contribution in [2.45, 2.75) is 51.5 Å². The Bertz CT molecular complexity index is 403. The van der Waals surface area contributed by atoms with Crippen molar-refractivity contribution >= 4 is 10.8 Å². The first-order chi connectivity index (χ1) is 8.54. The first kappa shape index (κ1) is 15.4. The zero-order valence-corrected chi connectivity index (χ0v) is 12.8. The fourth-order valence-electron chi connectivity index (χ4n) is 2.14. The largest absolute Gasteiger partial charge is 0.315 e. The van der Waals surface area contributed by atoms with Crippen LogP contribution in [0.2, 0.25) is 0 Å². The van der Waals surface area contributed by atoms with Crippen LogP contribution in [-0.2, 0) is 10.8 Å². The Morgan fingerprint density at radius 2 is 2.06 bits per heavy atom. The monoisotopic (exact) mass is 267 g/mol. The maximum atomic E-state index is 12.2. The van der Waals surface area contributed by atoms with Gasteiger partial charge in [-0.2, -0.15) is 0 Å². The van der Waals surface area contributed by atoms with Crippen LogP contribution in [0.25, 0.3) is 0 Å². The fourth-order valence-corrected chi connectivity index (χ4v) is 3.42. The molecule has 0 spiro atoms. The van der Waals surface area contributed by atoms with Crippen molar-refractivity contribution in [3.63, 3.8) is 0 Å². The van der Waals surface area contributed by atoms with Gasteiger partial charge in [0.2, 0.25) is 0 Å². The molecule has 1 rings (SSSR count). The molecule has 102 valence electrons. The summed E-state index contributed by atoms with van der Waals surface area (Å²) in [6.45, 7) is 9.41. The van der Waals surface area contributed by atoms with E-state index in [1.807, 2.05) is 19.1 Å². The zero-order valence-electron chi connectivity index (χ0n) is 12.0. The minimum absolute atomic E-state index is 0.520. The summed E-state index contributed by atoms with van der Waals surface area (Å²) in [7, 11) is -0.851. The molecular formula is C15H25NOS. The lowest BCUT2D eigenvalue weighted by Gasteiger charge is -2.12. The predicted octanol–water partition coefficient (Wildman–Crippen LogP) is 3.19. The molecule has 0 saturated heterocycles. The predicted molar refractivity (Wildman–Crippen MR) is 79.6 cm³/mol. The summed E-state index contributed by atoms with van der Waals surface area (Å²) >= 11 is 0. The zero-order chi connectivity index (χ0) is 13.5. The lowest BCUT2D eigenvalue weighted by atomic mass is 10.2. The maximum absolute atomic E-state index is 12.2. The molecule has 0 aliphatic carbocycles. The van der Waals surface area contributed by atoms with Gasteiger partial charge in [0.05, 0.1) is 10.8 Å². The molecule has 0 fully saturated rings. The van der Waals surface area contributed by atoms with Gasteiger partial charge in [-0.05, 0) is 51.8 Å². The van der Waals surface area contributed by atoms with Gasteiger partial charge in [0.15, 0.2) is 0 Å². The van der Waals surface area contributed by atoms with Crippen LogP contribution in [0.15, 0.2) is 23.1 Å². The minimum atomic E-state index is -0.851. The van der Waals surface area contributed by atoms with Gasteiger partial charge in [-0.25, -0.2) is 0 Å². The van der Waals surface area contributed by atoms with Gasteiger partial charge in [0.1, 0.15) is 0 Å². The van der Waals surface area contributed by atoms with E-state index in [4.69, 9.17) is 0 Å². The van der Waals surface area contributed by atoms with E-state index in [2.05, 4.69) is 32.2 Å². The van der Waals surface area contributed by atoms with Crippen LogP contribution in [0.5, 0.6) is 0 Å². The van der Waals surface area contributed by atoms with Crippen molar-refractivity contribution in [3.05, 3.63) is 29.3 Å². The second-order valence-electron chi connectivity index (χ2n) is 4.92. The molecular weight excluding hydrogens is 242 g/mol. The Morgan fingerprint density at radius 3 is 2.67 bits per heavy atom. The lowest BCUT2D eigenvalue weighted by molar-refractivity contribution is 0.525. The van der Waals surface area contributed by atoms with Crippen LogP contribution in [0.1, 0.15) is 37.8 Å². The van der Waals surface area contributed by atoms with E-state index in [9.17, 15) is 4.21 Å². The first-order valence-electron chi connectivity index (χ1n) is 6.73. The van der Waals surface area contributed by atoms with E-state index in [1.54, 1.807) is 0 Å². The SMILES string of the molecule is CCNC(C)CCCS(=O)c1ccc(C)cc1C. The van der Waals surface area contributed by atoms with Gasteiger partial charge in [-0.1, -0.05) is 24.6 Å². The van der Waals surface area contributed by atoms with Gasteiger partial charge in [-0.3, -0.25) is 4.21 Å². The first-order valence-corrected chi connectivity index (χ1v) is 8.05. The molecule has 0 radical (unpaired) electrons. The van der Waals surface area contributed by atoms with Crippen molar-refractivity contribution in [2.75, 3.05) is 12.3 Å². The molecule has 1 aromatic rings. The highest BCUT2D eigenvalue weighted by Crippen LogP contribution is 2.16. The Morgan fingerprint density at radius 1 is 1.33 bits per heavy atom. The third-order valence-electron chi connectivity index (χ3n) is 3.10. The van der Waals surface area contributed by atoms with Crippen LogP contribution < -0.4 is 5.32 Å². The molecule has 0 saturated carbocycles. The average molecular weight is 267 g/mol. The summed E-state index contributed by atoms with van der Waals surface area (Å²) in [6.07, 6.45) is 2.10. The van der Waals surface area contributed by atoms with E-state index in [-0.39, 0.29) is 0 Å². The Kier molecular flexibility index (Phi) is 6.58. The summed E-state index contributed by atoms with van der Waals surface area (Å²) in [6, 6.07) is 6.68. The maximum Gasteiger partial charge on any atom is 0.0532 e. The summed E-state index contributed by atoms with van der Waals surface area (Å²) in [5.41, 5.74) is 2.38. The third kappa shape index (κ3) is 4.91. The molecule has 0 heterocycles. The fraction of sp³-hybridized carbons (Fsp3) is 0.600. The third-order valence-corrected chi connectivity index (χ3v) is 4.70. The average Bonchev–Trinajstić information content (AvgIpc) is 2.29. The number of hydrogen-bond acceptors (Lipinski definition) is 2. The molecule has 0 aliphatic rings. The topological polar surface area (TPSA) is 29.1 Å². The number of aryl methyl sites for hydroxylation is 2. The second-order valence-corrected chi connectivity index (χ2v) is 6.46. The molecule has 1 aromatic carbocycles. The molecule has 2 unspecified atom stereocenters. The number of benzene rings is 1. The van der Waals surface area contributed by atoms with Crippen molar-refractivity contribution in [2.24, 2.45) is 0 Å². The van der Waals surface area contributed by atoms with Crippen LogP contribution in [0, 0.1) is 13.8 Å². The van der Waals surface area contributed by atoms with E-state index >= 15 is 0 Å². The van der Waals surface area contributed by atoms with E-state index in [0.717, 1.165) is 35.6 Å². The second kappa shape index (κ2) is 7.70. The van der Waals surface area contributed by atoms with Crippen LogP contribution >= 0.6 is 0 Å². The van der Waals surface area contributed by atoms with Crippen molar-refractivity contribution < 1.29 is 4.21 Å². The van der Waals surface area contributed by atoms with Gasteiger partial charge in [-0.15, -0.1) is 0 Å². The number of hydrogen-bond donors (Lipinski definition) is 1. The molecule has 0 amide bonds. The molecule has 2 atom stereocenters. The van der Waals surface area contributed by atoms with Crippen LogP contribution in [0.3, 0.4) is 0 Å². The molecule has 1 N–H and O–H groups in total. The Hall–Kier alpha value is -0.670. The normalized spacial score (nSPS) is 14.4. The highest BCUT2D eigenvalue weighted by molar-refractivity contribution is 7.85. The van der Waals surface area contributed by atoms with Gasteiger partial charge < -0.3 is 5.32 Å². The van der Waals surface area contributed by atoms with Crippen molar-refractivity contribution in [3.8, 4) is 0 Å². The van der Waals surface area contributed by atoms with E-state index in [0.29, 0.717) is 6.04 Å². The van der Waals surface area contributed by atoms with E-state index in [1.165, 1.54) is 5.56 Å². The molecule has 2 nitrogen and oxygen atoms in total. The van der Waals surface area contributed by atoms with Gasteiger partial charge in [0.25, 0.3) is 0 Å².